The quantitative estimate of drug-likeness (QED) is 0.0237. The number of carbonyl (C=O) groups excluding carboxylic acids is 4. The van der Waals surface area contributed by atoms with E-state index in [4.69, 9.17) is 0 Å². The Morgan fingerprint density at radius 3 is 1.75 bits per heavy atom. The van der Waals surface area contributed by atoms with Gasteiger partial charge in [-0.25, -0.2) is 13.4 Å². The zero-order valence-electron chi connectivity index (χ0n) is 41.8. The predicted octanol–water partition coefficient (Wildman–Crippen LogP) is 9.15. The number of halogens is 4. The summed E-state index contributed by atoms with van der Waals surface area (Å²) in [6.07, 6.45) is 11.0. The number of benzene rings is 2. The number of pyridine rings is 5. The summed E-state index contributed by atoms with van der Waals surface area (Å²) < 4.78 is 75.5. The molecule has 1 atom stereocenters. The number of rotatable bonds is 23. The van der Waals surface area contributed by atoms with E-state index in [9.17, 15) is 45.2 Å². The summed E-state index contributed by atoms with van der Waals surface area (Å²) in [7, 11) is -0.437. The molecule has 0 aliphatic carbocycles. The second-order valence-corrected chi connectivity index (χ2v) is 21.4. The van der Waals surface area contributed by atoms with Crippen LogP contribution in [0.1, 0.15) is 49.7 Å². The molecular formula is C55H54F4IrN8O6S3-2. The molecule has 0 bridgehead atoms. The van der Waals surface area contributed by atoms with E-state index in [1.807, 2.05) is 43.3 Å². The molecule has 3 amide bonds. The van der Waals surface area contributed by atoms with E-state index in [-0.39, 0.29) is 75.2 Å². The second-order valence-electron chi connectivity index (χ2n) is 16.7. The van der Waals surface area contributed by atoms with Crippen LogP contribution in [0.15, 0.2) is 139 Å². The van der Waals surface area contributed by atoms with E-state index < -0.39 is 56.7 Å². The van der Waals surface area contributed by atoms with Crippen molar-refractivity contribution in [2.24, 2.45) is 0 Å². The van der Waals surface area contributed by atoms with Gasteiger partial charge in [-0.3, -0.25) is 46.7 Å². The Morgan fingerprint density at radius 2 is 1.19 bits per heavy atom. The smallest absolute Gasteiger partial charge is 0.243 e. The summed E-state index contributed by atoms with van der Waals surface area (Å²) in [5.74, 6) is -3.68. The van der Waals surface area contributed by atoms with Crippen LogP contribution in [-0.2, 0) is 55.5 Å². The van der Waals surface area contributed by atoms with E-state index in [0.717, 1.165) is 58.1 Å². The third-order valence-corrected chi connectivity index (χ3v) is 13.6. The van der Waals surface area contributed by atoms with Crippen LogP contribution < -0.4 is 16.0 Å². The van der Waals surface area contributed by atoms with Crippen molar-refractivity contribution in [3.8, 4) is 33.9 Å². The summed E-state index contributed by atoms with van der Waals surface area (Å²) in [4.78, 5) is 70.9. The van der Waals surface area contributed by atoms with Gasteiger partial charge in [0.05, 0.1) is 17.1 Å². The molecule has 0 aliphatic heterocycles. The Bertz CT molecular complexity index is 3020. The molecule has 3 N–H and O–H groups in total. The van der Waals surface area contributed by atoms with Gasteiger partial charge in [0.25, 0.3) is 0 Å². The number of nitrogens with zero attached hydrogens (tertiary/aromatic N) is 5. The number of Topliss-reactive ketones (excluding diaryl/α,β-unsaturated/α-hetero) is 1. The minimum absolute atomic E-state index is 0. The molecular weight excluding hydrogens is 1230 g/mol. The molecule has 0 saturated carbocycles. The Hall–Kier alpha value is -6.71. The van der Waals surface area contributed by atoms with Gasteiger partial charge in [0.2, 0.25) is 17.7 Å². The number of nitrogens with one attached hydrogen (secondary N) is 3. The van der Waals surface area contributed by atoms with Gasteiger partial charge < -0.3 is 25.9 Å². The summed E-state index contributed by atoms with van der Waals surface area (Å²) in [6.45, 7) is 2.72. The standard InChI is InChI=1S/C33H42N6O6S3.2C11H6F2N.Ir/c1-24-12-16-34-27(20-24)28-22-25(13-17-35-28)21-26(40)8-7-10-31(42)39-29(23-48(2,44)45)33(43)38-15-5-3-9-30(41)36-18-19-46-47-32-11-4-6-14-37-32;2*12-8-4-5-9(10(13)7-8)11-3-1-2-6-14-11;/h4,6,11-14,16-17,20,22,29H,3,5,7-10,15,18-19,21,23H2,1-2H3,(H,36,41)(H,38,43)(H,39,42);2*1-4,6-7H;/q;2*-1;. The number of carbonyl (C=O) groups is 4. The average molecular weight is 1290 g/mol. The van der Waals surface area contributed by atoms with Crippen LogP contribution in [0.3, 0.4) is 0 Å². The predicted molar refractivity (Wildman–Crippen MR) is 286 cm³/mol. The molecule has 5 heterocycles. The topological polar surface area (TPSA) is 203 Å². The fourth-order valence-electron chi connectivity index (χ4n) is 6.78. The fraction of sp³-hybridized carbons (Fsp3) is 0.255. The molecule has 1 radical (unpaired) electrons. The van der Waals surface area contributed by atoms with E-state index in [0.29, 0.717) is 42.9 Å². The van der Waals surface area contributed by atoms with E-state index in [1.54, 1.807) is 95.0 Å². The van der Waals surface area contributed by atoms with Gasteiger partial charge in [-0.05, 0) is 108 Å². The fourth-order valence-corrected chi connectivity index (χ4v) is 9.41. The minimum Gasteiger partial charge on any atom is -0.355 e. The number of sulfone groups is 1. The zero-order valence-corrected chi connectivity index (χ0v) is 46.7. The van der Waals surface area contributed by atoms with Crippen molar-refractivity contribution >= 4 is 54.9 Å². The van der Waals surface area contributed by atoms with Crippen molar-refractivity contribution < 1.29 is 65.3 Å². The van der Waals surface area contributed by atoms with Gasteiger partial charge in [0.1, 0.15) is 26.7 Å². The largest absolute Gasteiger partial charge is 0.355 e. The number of aromatic nitrogens is 5. The summed E-state index contributed by atoms with van der Waals surface area (Å²) in [5, 5.41) is 8.92. The third kappa shape index (κ3) is 24.0. The van der Waals surface area contributed by atoms with Crippen molar-refractivity contribution in [3.63, 3.8) is 0 Å². The van der Waals surface area contributed by atoms with Gasteiger partial charge in [-0.1, -0.05) is 64.4 Å². The molecule has 407 valence electrons. The molecule has 1 unspecified atom stereocenters. The molecule has 7 aromatic rings. The Balaban J connectivity index is 0.000000352. The first-order valence-electron chi connectivity index (χ1n) is 23.7. The second kappa shape index (κ2) is 33.4. The molecule has 0 aliphatic rings. The molecule has 2 aromatic carbocycles. The van der Waals surface area contributed by atoms with Crippen molar-refractivity contribution in [2.75, 3.05) is 30.9 Å². The van der Waals surface area contributed by atoms with Crippen LogP contribution in [0.5, 0.6) is 0 Å². The van der Waals surface area contributed by atoms with Gasteiger partial charge in [-0.2, -0.15) is 0 Å². The number of ketones is 1. The zero-order chi connectivity index (χ0) is 54.7. The number of amides is 3. The molecule has 5 aromatic heterocycles. The molecule has 7 rings (SSSR count). The monoisotopic (exact) mass is 1290 g/mol. The maximum Gasteiger partial charge on any atom is 0.243 e. The van der Waals surface area contributed by atoms with Crippen LogP contribution in [0.25, 0.3) is 33.9 Å². The van der Waals surface area contributed by atoms with Gasteiger partial charge in [-0.15, -0.1) is 24.3 Å². The third-order valence-electron chi connectivity index (χ3n) is 10.4. The van der Waals surface area contributed by atoms with Crippen molar-refractivity contribution in [3.05, 3.63) is 181 Å². The van der Waals surface area contributed by atoms with Gasteiger partial charge >= 0.3 is 0 Å². The molecule has 14 nitrogen and oxygen atoms in total. The van der Waals surface area contributed by atoms with Crippen LogP contribution in [-0.4, -0.2) is 93.7 Å². The van der Waals surface area contributed by atoms with Crippen molar-refractivity contribution in [1.29, 1.82) is 0 Å². The maximum atomic E-state index is 13.2. The minimum atomic E-state index is -3.58. The Labute approximate surface area is 466 Å². The number of hydrogen-bond acceptors (Lipinski definition) is 13. The van der Waals surface area contributed by atoms with Gasteiger partial charge in [0, 0.05) is 125 Å². The maximum absolute atomic E-state index is 13.2. The summed E-state index contributed by atoms with van der Waals surface area (Å²) >= 11 is 0. The van der Waals surface area contributed by atoms with Gasteiger partial charge in [0.15, 0.2) is 0 Å². The van der Waals surface area contributed by atoms with E-state index in [2.05, 4.69) is 53.0 Å². The van der Waals surface area contributed by atoms with Crippen molar-refractivity contribution in [2.45, 2.75) is 62.9 Å². The number of aryl methyl sites for hydroxylation is 1. The molecule has 0 spiro atoms. The van der Waals surface area contributed by atoms with Crippen LogP contribution in [0.4, 0.5) is 17.6 Å². The van der Waals surface area contributed by atoms with E-state index >= 15 is 0 Å². The van der Waals surface area contributed by atoms with Crippen molar-refractivity contribution in [1.82, 2.24) is 40.9 Å². The molecule has 0 saturated heterocycles. The first kappa shape index (κ1) is 62.8. The number of unbranched alkanes of at least 4 members (excludes halogenated alkanes) is 1. The van der Waals surface area contributed by atoms with Crippen LogP contribution in [0.2, 0.25) is 0 Å². The normalized spacial score (nSPS) is 11.0. The Kier molecular flexibility index (Phi) is 27.3. The molecule has 77 heavy (non-hydrogen) atoms. The summed E-state index contributed by atoms with van der Waals surface area (Å²) in [5.41, 5.74) is 4.49. The van der Waals surface area contributed by atoms with Crippen LogP contribution >= 0.6 is 21.6 Å². The van der Waals surface area contributed by atoms with E-state index in [1.165, 1.54) is 0 Å². The number of hydrogen-bond donors (Lipinski definition) is 3. The average Bonchev–Trinajstić information content (AvgIpc) is 3.39. The SMILES string of the molecule is Cc1ccnc(-c2cc(CC(=O)CCCC(=O)NC(CS(C)(=O)=O)C(=O)NCCCCC(=O)NCCSSc3ccccn3)ccn2)c1.Fc1c[c-]c(-c2ccccn2)c(F)c1.Fc1c[c-]c(-c2ccccn2)c(F)c1.[Ir]. The Morgan fingerprint density at radius 1 is 0.623 bits per heavy atom. The summed E-state index contributed by atoms with van der Waals surface area (Å²) in [6, 6.07) is 30.9. The first-order valence-corrected chi connectivity index (χ1v) is 28.1. The molecule has 0 fully saturated rings. The molecule has 22 heteroatoms. The first-order chi connectivity index (χ1) is 36.5. The van der Waals surface area contributed by atoms with Crippen LogP contribution in [0, 0.1) is 42.3 Å².